The SMILES string of the molecule is CN(C)CCCCNC(=O)C1CCCNC1. The molecule has 1 fully saturated rings. The van der Waals surface area contributed by atoms with Crippen molar-refractivity contribution in [1.29, 1.82) is 0 Å². The van der Waals surface area contributed by atoms with Crippen LogP contribution in [0, 0.1) is 5.92 Å². The molecule has 1 amide bonds. The second-order valence-corrected chi connectivity index (χ2v) is 4.84. The lowest BCUT2D eigenvalue weighted by Gasteiger charge is -2.21. The first-order valence-corrected chi connectivity index (χ1v) is 6.33. The van der Waals surface area contributed by atoms with E-state index in [2.05, 4.69) is 29.6 Å². The Morgan fingerprint density at radius 2 is 2.25 bits per heavy atom. The molecule has 0 aliphatic carbocycles. The van der Waals surface area contributed by atoms with E-state index >= 15 is 0 Å². The molecule has 0 bridgehead atoms. The predicted molar refractivity (Wildman–Crippen MR) is 66.4 cm³/mol. The molecule has 1 aliphatic heterocycles. The van der Waals surface area contributed by atoms with E-state index in [0.717, 1.165) is 51.9 Å². The highest BCUT2D eigenvalue weighted by Crippen LogP contribution is 2.09. The van der Waals surface area contributed by atoms with Crippen LogP contribution in [0.25, 0.3) is 0 Å². The number of rotatable bonds is 6. The van der Waals surface area contributed by atoms with Crippen molar-refractivity contribution in [2.75, 3.05) is 40.3 Å². The van der Waals surface area contributed by atoms with E-state index in [9.17, 15) is 4.79 Å². The maximum Gasteiger partial charge on any atom is 0.224 e. The predicted octanol–water partition coefficient (Wildman–Crippen LogP) is 0.444. The molecule has 0 aromatic heterocycles. The Kier molecular flexibility index (Phi) is 6.42. The average Bonchev–Trinajstić information content (AvgIpc) is 2.29. The van der Waals surface area contributed by atoms with Gasteiger partial charge >= 0.3 is 0 Å². The normalized spacial score (nSPS) is 21.1. The van der Waals surface area contributed by atoms with E-state index in [1.165, 1.54) is 0 Å². The molecule has 16 heavy (non-hydrogen) atoms. The van der Waals surface area contributed by atoms with Crippen LogP contribution >= 0.6 is 0 Å². The van der Waals surface area contributed by atoms with Gasteiger partial charge in [0.05, 0.1) is 5.92 Å². The van der Waals surface area contributed by atoms with Crippen molar-refractivity contribution in [2.45, 2.75) is 25.7 Å². The molecule has 2 N–H and O–H groups in total. The first kappa shape index (κ1) is 13.5. The van der Waals surface area contributed by atoms with E-state index in [0.29, 0.717) is 0 Å². The summed E-state index contributed by atoms with van der Waals surface area (Å²) in [5.74, 6) is 0.430. The van der Waals surface area contributed by atoms with Crippen LogP contribution < -0.4 is 10.6 Å². The van der Waals surface area contributed by atoms with Crippen molar-refractivity contribution >= 4 is 5.91 Å². The average molecular weight is 227 g/mol. The molecular formula is C12H25N3O. The zero-order valence-electron chi connectivity index (χ0n) is 10.6. The van der Waals surface area contributed by atoms with Crippen LogP contribution in [-0.2, 0) is 4.79 Å². The minimum absolute atomic E-state index is 0.197. The smallest absolute Gasteiger partial charge is 0.224 e. The lowest BCUT2D eigenvalue weighted by molar-refractivity contribution is -0.125. The molecule has 0 aromatic rings. The summed E-state index contributed by atoms with van der Waals surface area (Å²) in [6.07, 6.45) is 4.38. The molecule has 0 aromatic carbocycles. The highest BCUT2D eigenvalue weighted by molar-refractivity contribution is 5.78. The van der Waals surface area contributed by atoms with Crippen LogP contribution in [0.2, 0.25) is 0 Å². The van der Waals surface area contributed by atoms with Gasteiger partial charge in [0.1, 0.15) is 0 Å². The van der Waals surface area contributed by atoms with Gasteiger partial charge in [0, 0.05) is 13.1 Å². The molecule has 1 unspecified atom stereocenters. The van der Waals surface area contributed by atoms with Crippen LogP contribution in [0.15, 0.2) is 0 Å². The first-order chi connectivity index (χ1) is 7.70. The van der Waals surface area contributed by atoms with Crippen LogP contribution in [0.4, 0.5) is 0 Å². The first-order valence-electron chi connectivity index (χ1n) is 6.33. The molecule has 1 heterocycles. The maximum atomic E-state index is 11.7. The van der Waals surface area contributed by atoms with E-state index in [1.807, 2.05) is 0 Å². The second-order valence-electron chi connectivity index (χ2n) is 4.84. The molecule has 4 heteroatoms. The summed E-state index contributed by atoms with van der Waals surface area (Å²) in [6.45, 7) is 3.83. The summed E-state index contributed by atoms with van der Waals surface area (Å²) >= 11 is 0. The summed E-state index contributed by atoms with van der Waals surface area (Å²) < 4.78 is 0. The Labute approximate surface area is 98.8 Å². The van der Waals surface area contributed by atoms with Gasteiger partial charge in [0.2, 0.25) is 5.91 Å². The van der Waals surface area contributed by atoms with Crippen molar-refractivity contribution in [3.8, 4) is 0 Å². The van der Waals surface area contributed by atoms with Crippen molar-refractivity contribution in [2.24, 2.45) is 5.92 Å². The highest BCUT2D eigenvalue weighted by Gasteiger charge is 2.19. The van der Waals surface area contributed by atoms with Crippen LogP contribution in [0.3, 0.4) is 0 Å². The molecule has 94 valence electrons. The Morgan fingerprint density at radius 3 is 2.88 bits per heavy atom. The van der Waals surface area contributed by atoms with Gasteiger partial charge in [-0.05, 0) is 52.9 Å². The molecule has 1 saturated heterocycles. The highest BCUT2D eigenvalue weighted by atomic mass is 16.1. The van der Waals surface area contributed by atoms with E-state index < -0.39 is 0 Å². The zero-order valence-corrected chi connectivity index (χ0v) is 10.6. The van der Waals surface area contributed by atoms with Gasteiger partial charge < -0.3 is 15.5 Å². The quantitative estimate of drug-likeness (QED) is 0.647. The van der Waals surface area contributed by atoms with E-state index in [1.54, 1.807) is 0 Å². The Bertz CT molecular complexity index is 200. The number of piperidine rings is 1. The Balaban J connectivity index is 2.01. The van der Waals surface area contributed by atoms with Crippen LogP contribution in [-0.4, -0.2) is 51.1 Å². The largest absolute Gasteiger partial charge is 0.356 e. The summed E-state index contributed by atoms with van der Waals surface area (Å²) in [6, 6.07) is 0. The van der Waals surface area contributed by atoms with E-state index in [-0.39, 0.29) is 11.8 Å². The minimum atomic E-state index is 0.197. The van der Waals surface area contributed by atoms with Crippen molar-refractivity contribution < 1.29 is 4.79 Å². The lowest BCUT2D eigenvalue weighted by Crippen LogP contribution is -2.40. The fraction of sp³-hybridized carbons (Fsp3) is 0.917. The number of hydrogen-bond acceptors (Lipinski definition) is 3. The number of unbranched alkanes of at least 4 members (excludes halogenated alkanes) is 1. The molecule has 1 rings (SSSR count). The third kappa shape index (κ3) is 5.47. The summed E-state index contributed by atoms with van der Waals surface area (Å²) in [4.78, 5) is 13.9. The zero-order chi connectivity index (χ0) is 11.8. The van der Waals surface area contributed by atoms with Crippen LogP contribution in [0.5, 0.6) is 0 Å². The summed E-state index contributed by atoms with van der Waals surface area (Å²) in [5, 5.41) is 6.29. The van der Waals surface area contributed by atoms with Gasteiger partial charge in [-0.2, -0.15) is 0 Å². The molecular weight excluding hydrogens is 202 g/mol. The van der Waals surface area contributed by atoms with Crippen LogP contribution in [0.1, 0.15) is 25.7 Å². The number of amides is 1. The topological polar surface area (TPSA) is 44.4 Å². The Morgan fingerprint density at radius 1 is 1.44 bits per heavy atom. The molecule has 1 aliphatic rings. The van der Waals surface area contributed by atoms with E-state index in [4.69, 9.17) is 0 Å². The molecule has 0 radical (unpaired) electrons. The minimum Gasteiger partial charge on any atom is -0.356 e. The van der Waals surface area contributed by atoms with Gasteiger partial charge in [-0.15, -0.1) is 0 Å². The monoisotopic (exact) mass is 227 g/mol. The third-order valence-electron chi connectivity index (χ3n) is 3.00. The van der Waals surface area contributed by atoms with Crippen molar-refractivity contribution in [3.05, 3.63) is 0 Å². The van der Waals surface area contributed by atoms with Gasteiger partial charge in [0.25, 0.3) is 0 Å². The summed E-state index contributed by atoms with van der Waals surface area (Å²) in [5.41, 5.74) is 0. The molecule has 0 spiro atoms. The number of carbonyl (C=O) groups excluding carboxylic acids is 1. The van der Waals surface area contributed by atoms with Gasteiger partial charge in [0.15, 0.2) is 0 Å². The molecule has 0 saturated carbocycles. The fourth-order valence-electron chi connectivity index (χ4n) is 1.98. The van der Waals surface area contributed by atoms with Crippen molar-refractivity contribution in [1.82, 2.24) is 15.5 Å². The number of nitrogens with zero attached hydrogens (tertiary/aromatic N) is 1. The fourth-order valence-corrected chi connectivity index (χ4v) is 1.98. The third-order valence-corrected chi connectivity index (χ3v) is 3.00. The molecule has 4 nitrogen and oxygen atoms in total. The standard InChI is InChI=1S/C12H25N3O/c1-15(2)9-4-3-8-14-12(16)11-6-5-7-13-10-11/h11,13H,3-10H2,1-2H3,(H,14,16). The van der Waals surface area contributed by atoms with Gasteiger partial charge in [-0.25, -0.2) is 0 Å². The van der Waals surface area contributed by atoms with Gasteiger partial charge in [-0.3, -0.25) is 4.79 Å². The van der Waals surface area contributed by atoms with Gasteiger partial charge in [-0.1, -0.05) is 0 Å². The molecule has 1 atom stereocenters. The van der Waals surface area contributed by atoms with Crippen molar-refractivity contribution in [3.63, 3.8) is 0 Å². The lowest BCUT2D eigenvalue weighted by atomic mass is 9.99. The maximum absolute atomic E-state index is 11.7. The number of nitrogens with one attached hydrogen (secondary N) is 2. The summed E-state index contributed by atoms with van der Waals surface area (Å²) in [7, 11) is 4.15. The number of hydrogen-bond donors (Lipinski definition) is 2. The second kappa shape index (κ2) is 7.63. The number of carbonyl (C=O) groups is 1. The Hall–Kier alpha value is -0.610.